The molecule has 1 rings (SSSR count). The highest BCUT2D eigenvalue weighted by Gasteiger charge is 2.38. The second kappa shape index (κ2) is 6.15. The lowest BCUT2D eigenvalue weighted by molar-refractivity contribution is 0.309. The van der Waals surface area contributed by atoms with E-state index in [1.54, 1.807) is 0 Å². The van der Waals surface area contributed by atoms with Gasteiger partial charge in [-0.3, -0.25) is 0 Å². The Morgan fingerprint density at radius 1 is 1.42 bits per heavy atom. The Morgan fingerprint density at radius 2 is 2.00 bits per heavy atom. The topological polar surface area (TPSA) is 9.23 Å². The molecule has 0 fully saturated rings. The molecule has 1 aliphatic carbocycles. The normalized spacial score (nSPS) is 21.1. The molecule has 0 amide bonds. The van der Waals surface area contributed by atoms with Crippen LogP contribution in [0.15, 0.2) is 23.3 Å². The number of rotatable bonds is 5. The highest BCUT2D eigenvalue weighted by Crippen LogP contribution is 2.40. The Balaban J connectivity index is 2.82. The summed E-state index contributed by atoms with van der Waals surface area (Å²) in [4.78, 5) is 0. The molecule has 110 valence electrons. The van der Waals surface area contributed by atoms with Crippen LogP contribution in [0, 0.1) is 5.92 Å². The number of allylic oxidation sites excluding steroid dienone is 2. The molecule has 0 aromatic carbocycles. The number of hydrogen-bond donors (Lipinski definition) is 0. The molecule has 0 radical (unpaired) electrons. The van der Waals surface area contributed by atoms with E-state index >= 15 is 0 Å². The summed E-state index contributed by atoms with van der Waals surface area (Å²) in [6.45, 7) is 18.4. The van der Waals surface area contributed by atoms with Crippen LogP contribution in [0.4, 0.5) is 0 Å². The molecule has 0 aromatic heterocycles. The largest absolute Gasteiger partial charge is 0.413 e. The molecule has 3 heteroatoms. The molecule has 1 nitrogen and oxygen atoms in total. The van der Waals surface area contributed by atoms with E-state index in [0.29, 0.717) is 11.8 Å². The lowest BCUT2D eigenvalue weighted by Crippen LogP contribution is -2.41. The van der Waals surface area contributed by atoms with Crippen molar-refractivity contribution in [3.63, 3.8) is 0 Å². The van der Waals surface area contributed by atoms with Gasteiger partial charge in [0, 0.05) is 11.8 Å². The van der Waals surface area contributed by atoms with Crippen LogP contribution in [0.2, 0.25) is 18.1 Å². The first-order valence-corrected chi connectivity index (χ1v) is 10.6. The monoisotopic (exact) mass is 300 g/mol. The summed E-state index contributed by atoms with van der Waals surface area (Å²) in [5.41, 5.74) is 4.04. The zero-order valence-corrected chi connectivity index (χ0v) is 15.2. The van der Waals surface area contributed by atoms with E-state index in [9.17, 15) is 0 Å². The average molecular weight is 301 g/mol. The van der Waals surface area contributed by atoms with Crippen LogP contribution >= 0.6 is 11.6 Å². The Labute approximate surface area is 125 Å². The highest BCUT2D eigenvalue weighted by molar-refractivity contribution is 6.74. The Bertz CT molecular complexity index is 377. The fourth-order valence-electron chi connectivity index (χ4n) is 2.27. The van der Waals surface area contributed by atoms with Gasteiger partial charge in [-0.05, 0) is 43.5 Å². The molecule has 0 N–H and O–H groups in total. The molecule has 1 aliphatic rings. The van der Waals surface area contributed by atoms with Gasteiger partial charge in [-0.25, -0.2) is 0 Å². The predicted octanol–water partition coefficient (Wildman–Crippen LogP) is 5.53. The first-order chi connectivity index (χ1) is 8.60. The van der Waals surface area contributed by atoms with Gasteiger partial charge in [-0.1, -0.05) is 38.5 Å². The van der Waals surface area contributed by atoms with E-state index in [-0.39, 0.29) is 5.04 Å². The molecule has 0 heterocycles. The summed E-state index contributed by atoms with van der Waals surface area (Å²) in [5.74, 6) is 1.12. The summed E-state index contributed by atoms with van der Waals surface area (Å²) < 4.78 is 6.37. The van der Waals surface area contributed by atoms with Gasteiger partial charge >= 0.3 is 0 Å². The van der Waals surface area contributed by atoms with Gasteiger partial charge in [-0.15, -0.1) is 11.6 Å². The average Bonchev–Trinajstić information content (AvgIpc) is 2.67. The molecule has 0 spiro atoms. The highest BCUT2D eigenvalue weighted by atomic mass is 35.5. The first-order valence-electron chi connectivity index (χ1n) is 7.16. The maximum absolute atomic E-state index is 6.37. The summed E-state index contributed by atoms with van der Waals surface area (Å²) in [5, 5.41) is 0.256. The van der Waals surface area contributed by atoms with Crippen molar-refractivity contribution in [3.05, 3.63) is 23.3 Å². The lowest BCUT2D eigenvalue weighted by atomic mass is 9.95. The van der Waals surface area contributed by atoms with Gasteiger partial charge in [-0.2, -0.15) is 0 Å². The molecule has 0 saturated carbocycles. The van der Waals surface area contributed by atoms with Gasteiger partial charge < -0.3 is 4.43 Å². The van der Waals surface area contributed by atoms with Gasteiger partial charge in [0.05, 0.1) is 6.61 Å². The molecule has 1 atom stereocenters. The summed E-state index contributed by atoms with van der Waals surface area (Å²) in [6.07, 6.45) is 2.27. The zero-order chi connectivity index (χ0) is 14.8. The first kappa shape index (κ1) is 17.0. The van der Waals surface area contributed by atoms with E-state index in [2.05, 4.69) is 47.4 Å². The molecular formula is C16H29ClOSi. The SMILES string of the molecule is C=C(C)C1CCC(CCl)=C1CO[Si](C)(C)C(C)(C)C. The quantitative estimate of drug-likeness (QED) is 0.368. The fourth-order valence-corrected chi connectivity index (χ4v) is 3.53. The molecular weight excluding hydrogens is 272 g/mol. The molecule has 0 aromatic rings. The third-order valence-corrected chi connectivity index (χ3v) is 9.56. The van der Waals surface area contributed by atoms with Crippen LogP contribution in [-0.2, 0) is 4.43 Å². The van der Waals surface area contributed by atoms with Gasteiger partial charge in [0.25, 0.3) is 0 Å². The summed E-state index contributed by atoms with van der Waals surface area (Å²) in [7, 11) is -1.69. The smallest absolute Gasteiger partial charge is 0.192 e. The Hall–Kier alpha value is -0.0531. The molecule has 0 saturated heterocycles. The van der Waals surface area contributed by atoms with Crippen LogP contribution in [0.3, 0.4) is 0 Å². The fraction of sp³-hybridized carbons (Fsp3) is 0.750. The summed E-state index contributed by atoms with van der Waals surface area (Å²) >= 11 is 6.08. The van der Waals surface area contributed by atoms with Gasteiger partial charge in [0.15, 0.2) is 8.32 Å². The second-order valence-electron chi connectivity index (χ2n) is 7.25. The Kier molecular flexibility index (Phi) is 5.50. The van der Waals surface area contributed by atoms with E-state index < -0.39 is 8.32 Å². The standard InChI is InChI=1S/C16H29ClOSi/c1-12(2)14-9-8-13(10-17)15(14)11-18-19(6,7)16(3,4)5/h14H,1,8-11H2,2-7H3. The van der Waals surface area contributed by atoms with Crippen molar-refractivity contribution in [2.75, 3.05) is 12.5 Å². The number of alkyl halides is 1. The van der Waals surface area contributed by atoms with Crippen LogP contribution in [0.1, 0.15) is 40.5 Å². The van der Waals surface area contributed by atoms with Crippen molar-refractivity contribution < 1.29 is 4.43 Å². The van der Waals surface area contributed by atoms with Crippen LogP contribution in [-0.4, -0.2) is 20.8 Å². The van der Waals surface area contributed by atoms with E-state index in [4.69, 9.17) is 16.0 Å². The minimum Gasteiger partial charge on any atom is -0.413 e. The molecule has 19 heavy (non-hydrogen) atoms. The third-order valence-electron chi connectivity index (χ3n) is 4.76. The molecule has 0 aliphatic heterocycles. The second-order valence-corrected chi connectivity index (χ2v) is 12.3. The summed E-state index contributed by atoms with van der Waals surface area (Å²) in [6, 6.07) is 0. The van der Waals surface area contributed by atoms with Gasteiger partial charge in [0.2, 0.25) is 0 Å². The van der Waals surface area contributed by atoms with Crippen LogP contribution in [0.25, 0.3) is 0 Å². The minimum absolute atomic E-state index is 0.256. The molecule has 0 bridgehead atoms. The third kappa shape index (κ3) is 3.96. The van der Waals surface area contributed by atoms with Crippen LogP contribution in [0.5, 0.6) is 0 Å². The zero-order valence-electron chi connectivity index (χ0n) is 13.4. The van der Waals surface area contributed by atoms with Crippen molar-refractivity contribution in [2.45, 2.75) is 58.7 Å². The van der Waals surface area contributed by atoms with Gasteiger partial charge in [0.1, 0.15) is 0 Å². The van der Waals surface area contributed by atoms with Crippen LogP contribution < -0.4 is 0 Å². The lowest BCUT2D eigenvalue weighted by Gasteiger charge is -2.37. The van der Waals surface area contributed by atoms with Crippen molar-refractivity contribution >= 4 is 19.9 Å². The predicted molar refractivity (Wildman–Crippen MR) is 88.4 cm³/mol. The Morgan fingerprint density at radius 3 is 2.42 bits per heavy atom. The van der Waals surface area contributed by atoms with E-state index in [1.165, 1.54) is 16.7 Å². The minimum atomic E-state index is -1.69. The van der Waals surface area contributed by atoms with Crippen molar-refractivity contribution in [1.29, 1.82) is 0 Å². The van der Waals surface area contributed by atoms with Crippen molar-refractivity contribution in [3.8, 4) is 0 Å². The molecule has 1 unspecified atom stereocenters. The number of halogens is 1. The van der Waals surface area contributed by atoms with Crippen molar-refractivity contribution in [1.82, 2.24) is 0 Å². The number of hydrogen-bond acceptors (Lipinski definition) is 1. The van der Waals surface area contributed by atoms with E-state index in [1.807, 2.05) is 0 Å². The maximum Gasteiger partial charge on any atom is 0.192 e. The van der Waals surface area contributed by atoms with Crippen molar-refractivity contribution in [2.24, 2.45) is 5.92 Å². The van der Waals surface area contributed by atoms with E-state index in [0.717, 1.165) is 19.4 Å². The maximum atomic E-state index is 6.37.